The maximum absolute atomic E-state index is 6.09. The van der Waals surface area contributed by atoms with E-state index in [1.807, 2.05) is 7.05 Å². The Morgan fingerprint density at radius 2 is 1.95 bits per heavy atom. The second-order valence-corrected chi connectivity index (χ2v) is 6.43. The van der Waals surface area contributed by atoms with Gasteiger partial charge in [0.05, 0.1) is 12.1 Å². The fraction of sp³-hybridized carbons (Fsp3) is 0.529. The van der Waals surface area contributed by atoms with Gasteiger partial charge in [0.1, 0.15) is 11.3 Å². The lowest BCUT2D eigenvalue weighted by Crippen LogP contribution is -2.40. The van der Waals surface area contributed by atoms with Crippen molar-refractivity contribution >= 4 is 11.0 Å². The molecule has 2 aromatic rings. The van der Waals surface area contributed by atoms with Gasteiger partial charge >= 0.3 is 0 Å². The normalized spacial score (nSPS) is 15.5. The molecule has 3 heteroatoms. The number of nitrogens with one attached hydrogen (secondary N) is 1. The third-order valence-corrected chi connectivity index (χ3v) is 3.79. The molecule has 0 aliphatic rings. The minimum absolute atomic E-state index is 0.0243. The van der Waals surface area contributed by atoms with Gasteiger partial charge in [-0.25, -0.2) is 0 Å². The number of likely N-dealkylation sites (N-methyl/N-ethyl adjacent to an activating group) is 1. The van der Waals surface area contributed by atoms with E-state index in [9.17, 15) is 0 Å². The number of benzene rings is 1. The Morgan fingerprint density at radius 3 is 2.45 bits per heavy atom. The van der Waals surface area contributed by atoms with E-state index in [-0.39, 0.29) is 17.6 Å². The van der Waals surface area contributed by atoms with E-state index in [0.717, 1.165) is 22.3 Å². The van der Waals surface area contributed by atoms with Gasteiger partial charge < -0.3 is 14.5 Å². The first-order valence-electron chi connectivity index (χ1n) is 7.07. The number of fused-ring (bicyclic) bond motifs is 1. The fourth-order valence-corrected chi connectivity index (χ4v) is 2.81. The smallest absolute Gasteiger partial charge is 0.137 e. The van der Waals surface area contributed by atoms with Crippen LogP contribution in [0.25, 0.3) is 11.0 Å². The third kappa shape index (κ3) is 2.74. The Morgan fingerprint density at radius 1 is 1.25 bits per heavy atom. The molecule has 0 saturated carbocycles. The average molecular weight is 275 g/mol. The number of hydrogen-bond acceptors (Lipinski definition) is 3. The van der Waals surface area contributed by atoms with E-state index >= 15 is 0 Å². The Hall–Kier alpha value is -1.32. The van der Waals surface area contributed by atoms with E-state index in [1.54, 1.807) is 7.11 Å². The summed E-state index contributed by atoms with van der Waals surface area (Å²) in [6.45, 7) is 8.61. The molecule has 0 bridgehead atoms. The first-order chi connectivity index (χ1) is 9.38. The van der Waals surface area contributed by atoms with Crippen molar-refractivity contribution in [3.8, 4) is 0 Å². The summed E-state index contributed by atoms with van der Waals surface area (Å²) in [7, 11) is 3.70. The summed E-state index contributed by atoms with van der Waals surface area (Å²) in [4.78, 5) is 0. The third-order valence-electron chi connectivity index (χ3n) is 3.79. The molecule has 0 aliphatic carbocycles. The van der Waals surface area contributed by atoms with Crippen molar-refractivity contribution in [1.29, 1.82) is 0 Å². The number of rotatable bonds is 4. The van der Waals surface area contributed by atoms with Crippen molar-refractivity contribution in [1.82, 2.24) is 5.32 Å². The first-order valence-corrected chi connectivity index (χ1v) is 7.07. The largest absolute Gasteiger partial charge is 0.459 e. The molecular weight excluding hydrogens is 250 g/mol. The van der Waals surface area contributed by atoms with E-state index < -0.39 is 0 Å². The highest BCUT2D eigenvalue weighted by Crippen LogP contribution is 2.35. The number of methoxy groups -OCH3 is 1. The first kappa shape index (κ1) is 15.1. The molecule has 1 aromatic heterocycles. The molecule has 20 heavy (non-hydrogen) atoms. The zero-order chi connectivity index (χ0) is 14.9. The molecular formula is C17H25NO2. The molecule has 0 aliphatic heterocycles. The van der Waals surface area contributed by atoms with Crippen molar-refractivity contribution in [3.63, 3.8) is 0 Å². The molecule has 1 heterocycles. The van der Waals surface area contributed by atoms with Crippen LogP contribution in [0.3, 0.4) is 0 Å². The molecule has 0 amide bonds. The fourth-order valence-electron chi connectivity index (χ4n) is 2.81. The van der Waals surface area contributed by atoms with E-state index in [4.69, 9.17) is 9.15 Å². The van der Waals surface area contributed by atoms with Gasteiger partial charge in [-0.15, -0.1) is 0 Å². The van der Waals surface area contributed by atoms with E-state index in [1.165, 1.54) is 0 Å². The van der Waals surface area contributed by atoms with Crippen molar-refractivity contribution in [3.05, 3.63) is 35.6 Å². The number of ether oxygens (including phenoxy) is 1. The molecule has 0 fully saturated rings. The Kier molecular flexibility index (Phi) is 4.21. The highest BCUT2D eigenvalue weighted by molar-refractivity contribution is 5.81. The monoisotopic (exact) mass is 275 g/mol. The maximum Gasteiger partial charge on any atom is 0.137 e. The summed E-state index contributed by atoms with van der Waals surface area (Å²) in [5.41, 5.74) is 2.15. The van der Waals surface area contributed by atoms with Crippen molar-refractivity contribution in [2.24, 2.45) is 5.41 Å². The molecule has 2 rings (SSSR count). The van der Waals surface area contributed by atoms with Gasteiger partial charge in [-0.1, -0.05) is 39.0 Å². The lowest BCUT2D eigenvalue weighted by atomic mass is 9.83. The van der Waals surface area contributed by atoms with Gasteiger partial charge in [0.25, 0.3) is 0 Å². The van der Waals surface area contributed by atoms with Gasteiger partial charge in [-0.05, 0) is 31.0 Å². The molecule has 1 N–H and O–H groups in total. The van der Waals surface area contributed by atoms with E-state index in [2.05, 4.69) is 57.3 Å². The minimum atomic E-state index is 0.0243. The van der Waals surface area contributed by atoms with Crippen LogP contribution in [-0.4, -0.2) is 20.3 Å². The zero-order valence-electron chi connectivity index (χ0n) is 13.3. The number of hydrogen-bond donors (Lipinski definition) is 1. The molecule has 3 nitrogen and oxygen atoms in total. The SMILES string of the molecule is CNC(c1cc2cccc(C)c2o1)C(OC)C(C)(C)C. The van der Waals surface area contributed by atoms with Crippen LogP contribution in [0.5, 0.6) is 0 Å². The Bertz CT molecular complexity index is 580. The molecule has 1 aromatic carbocycles. The van der Waals surface area contributed by atoms with Crippen molar-refractivity contribution in [2.75, 3.05) is 14.2 Å². The topological polar surface area (TPSA) is 34.4 Å². The number of furan rings is 1. The minimum Gasteiger partial charge on any atom is -0.459 e. The number of para-hydroxylation sites is 1. The van der Waals surface area contributed by atoms with Crippen LogP contribution in [0.15, 0.2) is 28.7 Å². The van der Waals surface area contributed by atoms with Gasteiger partial charge in [-0.2, -0.15) is 0 Å². The van der Waals surface area contributed by atoms with Crippen LogP contribution in [0, 0.1) is 12.3 Å². The molecule has 0 radical (unpaired) electrons. The standard InChI is InChI=1S/C17H25NO2/c1-11-8-7-9-12-10-13(20-15(11)12)14(18-5)16(19-6)17(2,3)4/h7-10,14,16,18H,1-6H3. The molecule has 0 saturated heterocycles. The zero-order valence-corrected chi connectivity index (χ0v) is 13.3. The van der Waals surface area contributed by atoms with Crippen LogP contribution in [0.2, 0.25) is 0 Å². The van der Waals surface area contributed by atoms with Gasteiger partial charge in [0.15, 0.2) is 0 Å². The summed E-state index contributed by atoms with van der Waals surface area (Å²) in [5, 5.41) is 4.48. The predicted molar refractivity (Wildman–Crippen MR) is 83.0 cm³/mol. The van der Waals surface area contributed by atoms with Crippen molar-refractivity contribution in [2.45, 2.75) is 39.8 Å². The average Bonchev–Trinajstić information content (AvgIpc) is 2.79. The number of aryl methyl sites for hydroxylation is 1. The second-order valence-electron chi connectivity index (χ2n) is 6.43. The summed E-state index contributed by atoms with van der Waals surface area (Å²) >= 11 is 0. The Balaban J connectivity index is 2.46. The summed E-state index contributed by atoms with van der Waals surface area (Å²) in [5.74, 6) is 0.929. The van der Waals surface area contributed by atoms with Crippen LogP contribution >= 0.6 is 0 Å². The summed E-state index contributed by atoms with van der Waals surface area (Å²) in [6, 6.07) is 8.36. The van der Waals surface area contributed by atoms with Crippen LogP contribution < -0.4 is 5.32 Å². The maximum atomic E-state index is 6.09. The summed E-state index contributed by atoms with van der Waals surface area (Å²) < 4.78 is 11.8. The van der Waals surface area contributed by atoms with Crippen molar-refractivity contribution < 1.29 is 9.15 Å². The highest BCUT2D eigenvalue weighted by Gasteiger charge is 2.34. The van der Waals surface area contributed by atoms with Gasteiger partial charge in [0.2, 0.25) is 0 Å². The lowest BCUT2D eigenvalue weighted by Gasteiger charge is -2.34. The van der Waals surface area contributed by atoms with Crippen LogP contribution in [0.4, 0.5) is 0 Å². The molecule has 110 valence electrons. The lowest BCUT2D eigenvalue weighted by molar-refractivity contribution is -0.0148. The molecule has 0 spiro atoms. The predicted octanol–water partition coefficient (Wildman–Crippen LogP) is 4.06. The van der Waals surface area contributed by atoms with E-state index in [0.29, 0.717) is 0 Å². The van der Waals surface area contributed by atoms with Gasteiger partial charge in [-0.3, -0.25) is 0 Å². The van der Waals surface area contributed by atoms with Crippen LogP contribution in [-0.2, 0) is 4.74 Å². The quantitative estimate of drug-likeness (QED) is 0.913. The molecule has 2 unspecified atom stereocenters. The van der Waals surface area contributed by atoms with Crippen LogP contribution in [0.1, 0.15) is 38.1 Å². The Labute approximate surface area is 121 Å². The molecule has 2 atom stereocenters. The van der Waals surface area contributed by atoms with Gasteiger partial charge in [0, 0.05) is 12.5 Å². The second kappa shape index (κ2) is 5.58. The summed E-state index contributed by atoms with van der Waals surface area (Å²) in [6.07, 6.45) is 0.0355. The highest BCUT2D eigenvalue weighted by atomic mass is 16.5.